The monoisotopic (exact) mass is 495 g/mol. The molecule has 0 unspecified atom stereocenters. The molecule has 0 radical (unpaired) electrons. The smallest absolute Gasteiger partial charge is 0.425 e. The van der Waals surface area contributed by atoms with Gasteiger partial charge in [0.15, 0.2) is 0 Å². The number of hydrogen-bond donors (Lipinski definition) is 1. The van der Waals surface area contributed by atoms with Crippen molar-refractivity contribution in [1.29, 1.82) is 0 Å². The highest BCUT2D eigenvalue weighted by molar-refractivity contribution is 7.20. The van der Waals surface area contributed by atoms with E-state index in [2.05, 4.69) is 0 Å². The minimum atomic E-state index is -4.57. The predicted molar refractivity (Wildman–Crippen MR) is 127 cm³/mol. The molecule has 0 atom stereocenters. The SMILES string of the molecule is O=C(O)c1cc(-c2ccc(OCc3ccccc3)cc2)c(=O)n2ccc3cc(C(F)(F)F)sc3c12. The molecule has 35 heavy (non-hydrogen) atoms. The molecule has 9 heteroatoms. The van der Waals surface area contributed by atoms with Crippen LogP contribution in [-0.4, -0.2) is 15.5 Å². The van der Waals surface area contributed by atoms with E-state index in [0.717, 1.165) is 16.0 Å². The summed E-state index contributed by atoms with van der Waals surface area (Å²) in [6.07, 6.45) is -3.27. The van der Waals surface area contributed by atoms with Gasteiger partial charge in [-0.3, -0.25) is 9.20 Å². The van der Waals surface area contributed by atoms with Gasteiger partial charge in [0.25, 0.3) is 5.56 Å². The molecule has 5 nitrogen and oxygen atoms in total. The Morgan fingerprint density at radius 1 is 1.00 bits per heavy atom. The van der Waals surface area contributed by atoms with Crippen LogP contribution in [0.1, 0.15) is 20.8 Å². The Labute approximate surface area is 200 Å². The van der Waals surface area contributed by atoms with Crippen LogP contribution in [0.3, 0.4) is 0 Å². The quantitative estimate of drug-likeness (QED) is 0.303. The van der Waals surface area contributed by atoms with E-state index in [-0.39, 0.29) is 26.7 Å². The Kier molecular flexibility index (Phi) is 5.56. The number of carbonyl (C=O) groups is 1. The van der Waals surface area contributed by atoms with E-state index in [0.29, 0.717) is 29.3 Å². The number of hydrogen-bond acceptors (Lipinski definition) is 4. The minimum Gasteiger partial charge on any atom is -0.489 e. The molecule has 3 aromatic heterocycles. The molecule has 5 rings (SSSR count). The Hall–Kier alpha value is -4.11. The molecule has 176 valence electrons. The normalized spacial score (nSPS) is 11.7. The zero-order valence-corrected chi connectivity index (χ0v) is 18.7. The van der Waals surface area contributed by atoms with Crippen LogP contribution >= 0.6 is 11.3 Å². The van der Waals surface area contributed by atoms with Crippen LogP contribution in [-0.2, 0) is 12.8 Å². The first-order valence-electron chi connectivity index (χ1n) is 10.4. The number of fused-ring (bicyclic) bond motifs is 3. The molecule has 0 bridgehead atoms. The van der Waals surface area contributed by atoms with Crippen molar-refractivity contribution in [3.05, 3.63) is 105 Å². The Morgan fingerprint density at radius 3 is 2.37 bits per heavy atom. The van der Waals surface area contributed by atoms with Crippen molar-refractivity contribution in [2.75, 3.05) is 0 Å². The van der Waals surface area contributed by atoms with Gasteiger partial charge < -0.3 is 9.84 Å². The molecular weight excluding hydrogens is 479 g/mol. The summed E-state index contributed by atoms with van der Waals surface area (Å²) < 4.78 is 46.7. The van der Waals surface area contributed by atoms with Gasteiger partial charge >= 0.3 is 12.1 Å². The summed E-state index contributed by atoms with van der Waals surface area (Å²) in [6.45, 7) is 0.360. The van der Waals surface area contributed by atoms with Crippen molar-refractivity contribution in [3.63, 3.8) is 0 Å². The first-order valence-corrected chi connectivity index (χ1v) is 11.2. The summed E-state index contributed by atoms with van der Waals surface area (Å²) in [7, 11) is 0. The largest absolute Gasteiger partial charge is 0.489 e. The highest BCUT2D eigenvalue weighted by Gasteiger charge is 2.33. The number of rotatable bonds is 5. The molecule has 0 fully saturated rings. The molecule has 5 aromatic rings. The van der Waals surface area contributed by atoms with Gasteiger partial charge in [-0.2, -0.15) is 13.2 Å². The van der Waals surface area contributed by atoms with Crippen LogP contribution in [0, 0.1) is 0 Å². The highest BCUT2D eigenvalue weighted by Crippen LogP contribution is 2.40. The first kappa shape index (κ1) is 22.7. The van der Waals surface area contributed by atoms with Crippen LogP contribution in [0.2, 0.25) is 0 Å². The van der Waals surface area contributed by atoms with Gasteiger partial charge in [-0.25, -0.2) is 4.79 Å². The summed E-state index contributed by atoms with van der Waals surface area (Å²) in [6, 6.07) is 19.8. The molecule has 1 N–H and O–H groups in total. The number of pyridine rings is 2. The van der Waals surface area contributed by atoms with Gasteiger partial charge in [0, 0.05) is 11.8 Å². The van der Waals surface area contributed by atoms with E-state index in [1.54, 1.807) is 24.3 Å². The number of aromatic nitrogens is 1. The average Bonchev–Trinajstić information content (AvgIpc) is 3.29. The summed E-state index contributed by atoms with van der Waals surface area (Å²) in [5, 5.41) is 10.1. The molecule has 0 spiro atoms. The van der Waals surface area contributed by atoms with Crippen molar-refractivity contribution in [3.8, 4) is 16.9 Å². The number of benzene rings is 2. The highest BCUT2D eigenvalue weighted by atomic mass is 32.1. The number of aromatic carboxylic acids is 1. The zero-order chi connectivity index (χ0) is 24.7. The second kappa shape index (κ2) is 8.59. The average molecular weight is 495 g/mol. The zero-order valence-electron chi connectivity index (χ0n) is 17.9. The van der Waals surface area contributed by atoms with Gasteiger partial charge in [0.2, 0.25) is 0 Å². The van der Waals surface area contributed by atoms with Gasteiger partial charge in [-0.15, -0.1) is 11.3 Å². The lowest BCUT2D eigenvalue weighted by atomic mass is 10.0. The number of carboxylic acid groups (broad SMARTS) is 1. The van der Waals surface area contributed by atoms with Crippen LogP contribution < -0.4 is 10.3 Å². The van der Waals surface area contributed by atoms with Crippen molar-refractivity contribution >= 4 is 32.9 Å². The molecule has 0 aliphatic rings. The second-order valence-electron chi connectivity index (χ2n) is 7.81. The predicted octanol–water partition coefficient (Wildman–Crippen LogP) is 6.48. The standard InChI is InChI=1S/C26H16F3NO4S/c27-26(28,29)21-12-17-10-11-30-22(23(17)35-21)20(25(32)33)13-19(24(30)31)16-6-8-18(9-7-16)34-14-15-4-2-1-3-5-15/h1-13H,14H2,(H,32,33). The number of thiophene rings is 1. The lowest BCUT2D eigenvalue weighted by Crippen LogP contribution is -2.18. The fourth-order valence-corrected chi connectivity index (χ4v) is 4.93. The molecule has 0 aliphatic heterocycles. The van der Waals surface area contributed by atoms with Crippen LogP contribution in [0.15, 0.2) is 83.8 Å². The van der Waals surface area contributed by atoms with Gasteiger partial charge in [-0.05, 0) is 46.8 Å². The van der Waals surface area contributed by atoms with Gasteiger partial charge in [0.1, 0.15) is 17.2 Å². The van der Waals surface area contributed by atoms with E-state index in [9.17, 15) is 27.9 Å². The first-order chi connectivity index (χ1) is 16.7. The lowest BCUT2D eigenvalue weighted by molar-refractivity contribution is -0.134. The number of ether oxygens (including phenoxy) is 1. The fraction of sp³-hybridized carbons (Fsp3) is 0.0769. The van der Waals surface area contributed by atoms with Crippen molar-refractivity contribution in [2.45, 2.75) is 12.8 Å². The number of alkyl halides is 3. The number of halogens is 3. The summed E-state index contributed by atoms with van der Waals surface area (Å²) in [5.41, 5.74) is 0.704. The van der Waals surface area contributed by atoms with Crippen LogP contribution in [0.4, 0.5) is 13.2 Å². The molecule has 0 saturated carbocycles. The summed E-state index contributed by atoms with van der Waals surface area (Å²) in [4.78, 5) is 24.5. The molecule has 3 heterocycles. The van der Waals surface area contributed by atoms with Crippen LogP contribution in [0.5, 0.6) is 5.75 Å². The van der Waals surface area contributed by atoms with Crippen molar-refractivity contribution in [2.24, 2.45) is 0 Å². The van der Waals surface area contributed by atoms with E-state index >= 15 is 0 Å². The third-order valence-corrected chi connectivity index (χ3v) is 6.74. The molecule has 0 saturated heterocycles. The maximum Gasteiger partial charge on any atom is 0.425 e. The third-order valence-electron chi connectivity index (χ3n) is 5.54. The third kappa shape index (κ3) is 4.26. The van der Waals surface area contributed by atoms with E-state index in [4.69, 9.17) is 4.74 Å². The van der Waals surface area contributed by atoms with E-state index < -0.39 is 22.6 Å². The summed E-state index contributed by atoms with van der Waals surface area (Å²) >= 11 is 0.417. The van der Waals surface area contributed by atoms with E-state index in [1.165, 1.54) is 18.3 Å². The van der Waals surface area contributed by atoms with Gasteiger partial charge in [0.05, 0.1) is 15.8 Å². The van der Waals surface area contributed by atoms with E-state index in [1.807, 2.05) is 30.3 Å². The molecular formula is C26H16F3NO4S. The van der Waals surface area contributed by atoms with Crippen LogP contribution in [0.25, 0.3) is 26.7 Å². The Balaban J connectivity index is 1.58. The fourth-order valence-electron chi connectivity index (χ4n) is 3.86. The van der Waals surface area contributed by atoms with Gasteiger partial charge in [-0.1, -0.05) is 42.5 Å². The lowest BCUT2D eigenvalue weighted by Gasteiger charge is -2.11. The second-order valence-corrected chi connectivity index (χ2v) is 8.86. The number of carboxylic acids is 1. The Morgan fingerprint density at radius 2 is 1.71 bits per heavy atom. The topological polar surface area (TPSA) is 68.0 Å². The maximum atomic E-state index is 13.3. The maximum absolute atomic E-state index is 13.3. The molecule has 0 aliphatic carbocycles. The molecule has 2 aromatic carbocycles. The van der Waals surface area contributed by atoms with Crippen molar-refractivity contribution < 1.29 is 27.8 Å². The number of nitrogens with zero attached hydrogens (tertiary/aromatic N) is 1. The molecule has 0 amide bonds. The minimum absolute atomic E-state index is 0.0629. The van der Waals surface area contributed by atoms with Crippen molar-refractivity contribution in [1.82, 2.24) is 4.40 Å². The Bertz CT molecular complexity index is 1620. The summed E-state index contributed by atoms with van der Waals surface area (Å²) in [5.74, 6) is -0.780.